The van der Waals surface area contributed by atoms with Crippen LogP contribution in [0, 0.1) is 5.92 Å². The molecular weight excluding hydrogens is 200 g/mol. The van der Waals surface area contributed by atoms with Crippen LogP contribution in [0.1, 0.15) is 37.8 Å². The second-order valence-electron chi connectivity index (χ2n) is 4.83. The van der Waals surface area contributed by atoms with Gasteiger partial charge in [-0.2, -0.15) is 0 Å². The molecule has 1 aromatic carbocycles. The van der Waals surface area contributed by atoms with Crippen LogP contribution in [-0.2, 0) is 6.42 Å². The normalized spacial score (nSPS) is 23.6. The van der Waals surface area contributed by atoms with Crippen molar-refractivity contribution >= 4 is 0 Å². The molecule has 0 saturated heterocycles. The van der Waals surface area contributed by atoms with Gasteiger partial charge in [0, 0.05) is 5.92 Å². The molecule has 88 valence electrons. The number of aliphatic hydroxyl groups excluding tert-OH is 1. The van der Waals surface area contributed by atoms with Crippen LogP contribution in [0.25, 0.3) is 0 Å². The van der Waals surface area contributed by atoms with Crippen molar-refractivity contribution in [2.24, 2.45) is 5.92 Å². The van der Waals surface area contributed by atoms with Crippen LogP contribution in [0.5, 0.6) is 5.75 Å². The van der Waals surface area contributed by atoms with Crippen molar-refractivity contribution < 1.29 is 9.84 Å². The molecule has 0 fully saturated rings. The Balaban J connectivity index is 2.31. The minimum absolute atomic E-state index is 0.230. The lowest BCUT2D eigenvalue weighted by atomic mass is 9.88. The summed E-state index contributed by atoms with van der Waals surface area (Å²) < 4.78 is 5.48. The summed E-state index contributed by atoms with van der Waals surface area (Å²) in [5, 5.41) is 10.1. The molecule has 1 aromatic rings. The van der Waals surface area contributed by atoms with E-state index in [9.17, 15) is 5.11 Å². The summed E-state index contributed by atoms with van der Waals surface area (Å²) in [6, 6.07) is 6.20. The highest BCUT2D eigenvalue weighted by Crippen LogP contribution is 2.39. The molecular formula is C14H20O2. The first kappa shape index (κ1) is 11.5. The topological polar surface area (TPSA) is 29.5 Å². The highest BCUT2D eigenvalue weighted by Gasteiger charge is 2.33. The number of aliphatic hydroxyl groups is 1. The van der Waals surface area contributed by atoms with Crippen LogP contribution in [0.15, 0.2) is 18.2 Å². The molecule has 0 amide bonds. The fourth-order valence-electron chi connectivity index (χ4n) is 2.70. The predicted octanol–water partition coefficient (Wildman–Crippen LogP) is 2.74. The Morgan fingerprint density at radius 3 is 2.81 bits per heavy atom. The number of rotatable bonds is 3. The summed E-state index contributed by atoms with van der Waals surface area (Å²) in [4.78, 5) is 0. The molecule has 0 aromatic heterocycles. The minimum Gasteiger partial charge on any atom is -0.494 e. The maximum absolute atomic E-state index is 10.1. The third-order valence-corrected chi connectivity index (χ3v) is 3.35. The van der Waals surface area contributed by atoms with Crippen molar-refractivity contribution in [3.8, 4) is 5.75 Å². The van der Waals surface area contributed by atoms with Crippen molar-refractivity contribution in [1.82, 2.24) is 0 Å². The third kappa shape index (κ3) is 1.94. The van der Waals surface area contributed by atoms with Crippen LogP contribution >= 0.6 is 0 Å². The average Bonchev–Trinajstić information content (AvgIpc) is 2.53. The molecule has 0 heterocycles. The molecule has 2 nitrogen and oxygen atoms in total. The lowest BCUT2D eigenvalue weighted by Gasteiger charge is -2.19. The zero-order chi connectivity index (χ0) is 11.7. The van der Waals surface area contributed by atoms with Gasteiger partial charge in [-0.25, -0.2) is 0 Å². The Kier molecular flexibility index (Phi) is 3.20. The van der Waals surface area contributed by atoms with Gasteiger partial charge in [0.25, 0.3) is 0 Å². The van der Waals surface area contributed by atoms with Crippen molar-refractivity contribution in [3.05, 3.63) is 29.3 Å². The Labute approximate surface area is 97.3 Å². The predicted molar refractivity (Wildman–Crippen MR) is 64.9 cm³/mol. The summed E-state index contributed by atoms with van der Waals surface area (Å²) in [5.41, 5.74) is 2.54. The van der Waals surface area contributed by atoms with Gasteiger partial charge in [0.15, 0.2) is 0 Å². The quantitative estimate of drug-likeness (QED) is 0.848. The standard InChI is InChI=1S/C14H20O2/c1-4-16-11-5-6-12-10(7-11)8-13(15)14(12)9(2)3/h5-7,9,13-15H,4,8H2,1-3H3/t13-,14-/m0/s1. The van der Waals surface area contributed by atoms with E-state index in [1.807, 2.05) is 13.0 Å². The fourth-order valence-corrected chi connectivity index (χ4v) is 2.70. The molecule has 2 heteroatoms. The van der Waals surface area contributed by atoms with Crippen LogP contribution in [0.3, 0.4) is 0 Å². The summed E-state index contributed by atoms with van der Waals surface area (Å²) in [6.07, 6.45) is 0.533. The van der Waals surface area contributed by atoms with Gasteiger partial charge in [0.2, 0.25) is 0 Å². The molecule has 1 aliphatic carbocycles. The molecule has 2 rings (SSSR count). The van der Waals surface area contributed by atoms with E-state index in [-0.39, 0.29) is 12.0 Å². The molecule has 1 aliphatic rings. The molecule has 0 spiro atoms. The lowest BCUT2D eigenvalue weighted by molar-refractivity contribution is 0.136. The van der Waals surface area contributed by atoms with Gasteiger partial charge in [-0.15, -0.1) is 0 Å². The van der Waals surface area contributed by atoms with Crippen molar-refractivity contribution in [3.63, 3.8) is 0 Å². The largest absolute Gasteiger partial charge is 0.494 e. The van der Waals surface area contributed by atoms with Crippen LogP contribution in [0.2, 0.25) is 0 Å². The van der Waals surface area contributed by atoms with E-state index < -0.39 is 0 Å². The van der Waals surface area contributed by atoms with Crippen LogP contribution in [-0.4, -0.2) is 17.8 Å². The van der Waals surface area contributed by atoms with Gasteiger partial charge in [-0.1, -0.05) is 19.9 Å². The fraction of sp³-hybridized carbons (Fsp3) is 0.571. The van der Waals surface area contributed by atoms with Gasteiger partial charge < -0.3 is 9.84 Å². The SMILES string of the molecule is CCOc1ccc2c(c1)C[C@H](O)[C@H]2C(C)C. The Morgan fingerprint density at radius 2 is 2.19 bits per heavy atom. The van der Waals surface area contributed by atoms with Crippen molar-refractivity contribution in [1.29, 1.82) is 0 Å². The smallest absolute Gasteiger partial charge is 0.119 e. The van der Waals surface area contributed by atoms with E-state index in [4.69, 9.17) is 4.74 Å². The monoisotopic (exact) mass is 220 g/mol. The van der Waals surface area contributed by atoms with E-state index in [0.29, 0.717) is 12.5 Å². The van der Waals surface area contributed by atoms with E-state index in [1.165, 1.54) is 11.1 Å². The lowest BCUT2D eigenvalue weighted by Crippen LogP contribution is -2.18. The maximum atomic E-state index is 10.1. The highest BCUT2D eigenvalue weighted by molar-refractivity contribution is 5.42. The van der Waals surface area contributed by atoms with Crippen LogP contribution in [0.4, 0.5) is 0 Å². The van der Waals surface area contributed by atoms with E-state index in [1.54, 1.807) is 0 Å². The third-order valence-electron chi connectivity index (χ3n) is 3.35. The highest BCUT2D eigenvalue weighted by atomic mass is 16.5. The second kappa shape index (κ2) is 4.46. The summed E-state index contributed by atoms with van der Waals surface area (Å²) in [6.45, 7) is 7.01. The number of ether oxygens (including phenoxy) is 1. The number of benzene rings is 1. The molecule has 0 bridgehead atoms. The number of hydrogen-bond acceptors (Lipinski definition) is 2. The Hall–Kier alpha value is -1.02. The first-order chi connectivity index (χ1) is 7.63. The average molecular weight is 220 g/mol. The minimum atomic E-state index is -0.230. The van der Waals surface area contributed by atoms with Gasteiger partial charge in [-0.05, 0) is 42.5 Å². The molecule has 0 radical (unpaired) electrons. The molecule has 1 N–H and O–H groups in total. The zero-order valence-corrected chi connectivity index (χ0v) is 10.2. The van der Waals surface area contributed by atoms with E-state index >= 15 is 0 Å². The van der Waals surface area contributed by atoms with Crippen LogP contribution < -0.4 is 4.74 Å². The van der Waals surface area contributed by atoms with E-state index in [2.05, 4.69) is 26.0 Å². The number of fused-ring (bicyclic) bond motifs is 1. The van der Waals surface area contributed by atoms with Crippen molar-refractivity contribution in [2.45, 2.75) is 39.2 Å². The Morgan fingerprint density at radius 1 is 1.44 bits per heavy atom. The first-order valence-electron chi connectivity index (χ1n) is 6.07. The van der Waals surface area contributed by atoms with Gasteiger partial charge in [0.05, 0.1) is 12.7 Å². The molecule has 2 atom stereocenters. The zero-order valence-electron chi connectivity index (χ0n) is 10.2. The molecule has 0 unspecified atom stereocenters. The van der Waals surface area contributed by atoms with Crippen molar-refractivity contribution in [2.75, 3.05) is 6.61 Å². The van der Waals surface area contributed by atoms with E-state index in [0.717, 1.165) is 12.2 Å². The van der Waals surface area contributed by atoms with Gasteiger partial charge >= 0.3 is 0 Å². The molecule has 0 saturated carbocycles. The second-order valence-corrected chi connectivity index (χ2v) is 4.83. The number of hydrogen-bond donors (Lipinski definition) is 1. The maximum Gasteiger partial charge on any atom is 0.119 e. The summed E-state index contributed by atoms with van der Waals surface area (Å²) in [7, 11) is 0. The van der Waals surface area contributed by atoms with Gasteiger partial charge in [-0.3, -0.25) is 0 Å². The first-order valence-corrected chi connectivity index (χ1v) is 6.07. The summed E-state index contributed by atoms with van der Waals surface area (Å²) in [5.74, 6) is 1.68. The van der Waals surface area contributed by atoms with Gasteiger partial charge in [0.1, 0.15) is 5.75 Å². The molecule has 16 heavy (non-hydrogen) atoms. The summed E-state index contributed by atoms with van der Waals surface area (Å²) >= 11 is 0. The Bertz CT molecular complexity index is 371. The molecule has 0 aliphatic heterocycles.